The summed E-state index contributed by atoms with van der Waals surface area (Å²) in [7, 11) is 0. The number of nitrogens with zero attached hydrogens (tertiary/aromatic N) is 1. The van der Waals surface area contributed by atoms with Gasteiger partial charge in [0.15, 0.2) is 0 Å². The van der Waals surface area contributed by atoms with Crippen molar-refractivity contribution in [2.75, 3.05) is 11.9 Å². The van der Waals surface area contributed by atoms with Gasteiger partial charge in [-0.05, 0) is 44.2 Å². The molecule has 1 aliphatic rings. The van der Waals surface area contributed by atoms with E-state index in [0.29, 0.717) is 6.54 Å². The van der Waals surface area contributed by atoms with Crippen LogP contribution in [-0.4, -0.2) is 34.7 Å². The van der Waals surface area contributed by atoms with Gasteiger partial charge in [0.1, 0.15) is 0 Å². The van der Waals surface area contributed by atoms with Crippen molar-refractivity contribution in [3.05, 3.63) is 29.3 Å². The quantitative estimate of drug-likeness (QED) is 0.858. The van der Waals surface area contributed by atoms with E-state index in [1.165, 1.54) is 19.3 Å². The van der Waals surface area contributed by atoms with Crippen molar-refractivity contribution < 1.29 is 9.90 Å². The first-order chi connectivity index (χ1) is 11.0. The molecule has 2 amide bonds. The molecule has 1 aliphatic carbocycles. The fourth-order valence-corrected chi connectivity index (χ4v) is 3.46. The average molecular weight is 318 g/mol. The second kappa shape index (κ2) is 8.34. The van der Waals surface area contributed by atoms with Crippen LogP contribution in [0.3, 0.4) is 0 Å². The molecule has 0 saturated heterocycles. The molecule has 4 nitrogen and oxygen atoms in total. The number of hydrogen-bond donors (Lipinski definition) is 2. The molecule has 1 aromatic carbocycles. The summed E-state index contributed by atoms with van der Waals surface area (Å²) in [6.07, 6.45) is 6.03. The van der Waals surface area contributed by atoms with E-state index < -0.39 is 6.10 Å². The maximum Gasteiger partial charge on any atom is 0.322 e. The van der Waals surface area contributed by atoms with Crippen LogP contribution in [0.4, 0.5) is 10.5 Å². The zero-order valence-corrected chi connectivity index (χ0v) is 14.6. The van der Waals surface area contributed by atoms with E-state index >= 15 is 0 Å². The Hall–Kier alpha value is -1.55. The highest BCUT2D eigenvalue weighted by molar-refractivity contribution is 5.91. The highest BCUT2D eigenvalue weighted by Gasteiger charge is 2.27. The third-order valence-electron chi connectivity index (χ3n) is 4.71. The van der Waals surface area contributed by atoms with Crippen LogP contribution < -0.4 is 5.32 Å². The van der Waals surface area contributed by atoms with Crippen LogP contribution in [0.1, 0.15) is 57.1 Å². The molecule has 23 heavy (non-hydrogen) atoms. The molecule has 0 heterocycles. The van der Waals surface area contributed by atoms with Gasteiger partial charge in [0.2, 0.25) is 0 Å². The lowest BCUT2D eigenvalue weighted by Crippen LogP contribution is -2.47. The first-order valence-corrected chi connectivity index (χ1v) is 8.87. The van der Waals surface area contributed by atoms with Gasteiger partial charge >= 0.3 is 6.03 Å². The second-order valence-corrected chi connectivity index (χ2v) is 6.69. The molecule has 1 aromatic rings. The fraction of sp³-hybridized carbons (Fsp3) is 0.632. The summed E-state index contributed by atoms with van der Waals surface area (Å²) >= 11 is 0. The van der Waals surface area contributed by atoms with Gasteiger partial charge in [-0.2, -0.15) is 0 Å². The van der Waals surface area contributed by atoms with E-state index in [1.54, 1.807) is 6.92 Å². The number of aliphatic hydroxyl groups is 1. The standard InChI is InChI=1S/C19H30N2O2/c1-4-16-10-8-9-14(2)18(16)20-19(23)21(13-15(3)22)17-11-6-5-7-12-17/h8-10,15,17,22H,4-7,11-13H2,1-3H3,(H,20,23)/t15-/m1/s1. The van der Waals surface area contributed by atoms with Crippen LogP contribution in [0.15, 0.2) is 18.2 Å². The van der Waals surface area contributed by atoms with E-state index in [9.17, 15) is 9.90 Å². The van der Waals surface area contributed by atoms with Crippen molar-refractivity contribution in [3.63, 3.8) is 0 Å². The van der Waals surface area contributed by atoms with Crippen LogP contribution in [0.5, 0.6) is 0 Å². The number of amides is 2. The minimum Gasteiger partial charge on any atom is -0.392 e. The normalized spacial score (nSPS) is 16.9. The minimum absolute atomic E-state index is 0.0817. The molecule has 1 saturated carbocycles. The summed E-state index contributed by atoms with van der Waals surface area (Å²) in [6, 6.07) is 6.27. The molecule has 0 unspecified atom stereocenters. The molecule has 1 atom stereocenters. The van der Waals surface area contributed by atoms with E-state index in [0.717, 1.165) is 36.1 Å². The van der Waals surface area contributed by atoms with Gasteiger partial charge in [0.25, 0.3) is 0 Å². The number of para-hydroxylation sites is 1. The van der Waals surface area contributed by atoms with Crippen molar-refractivity contribution in [1.29, 1.82) is 0 Å². The Morgan fingerprint density at radius 3 is 2.65 bits per heavy atom. The Balaban J connectivity index is 2.17. The number of benzene rings is 1. The molecule has 0 spiro atoms. The highest BCUT2D eigenvalue weighted by Crippen LogP contribution is 2.25. The molecule has 2 rings (SSSR count). The summed E-state index contributed by atoms with van der Waals surface area (Å²) in [5.41, 5.74) is 3.16. The number of aliphatic hydroxyl groups excluding tert-OH is 1. The number of hydrogen-bond acceptors (Lipinski definition) is 2. The Bertz CT molecular complexity index is 522. The van der Waals surface area contributed by atoms with Crippen molar-refractivity contribution in [3.8, 4) is 0 Å². The van der Waals surface area contributed by atoms with Crippen LogP contribution in [0.25, 0.3) is 0 Å². The fourth-order valence-electron chi connectivity index (χ4n) is 3.46. The van der Waals surface area contributed by atoms with Crippen LogP contribution >= 0.6 is 0 Å². The predicted molar refractivity (Wildman–Crippen MR) is 94.8 cm³/mol. The SMILES string of the molecule is CCc1cccc(C)c1NC(=O)N(C[C@@H](C)O)C1CCCCC1. The lowest BCUT2D eigenvalue weighted by Gasteiger charge is -2.35. The monoisotopic (exact) mass is 318 g/mol. The lowest BCUT2D eigenvalue weighted by molar-refractivity contribution is 0.105. The van der Waals surface area contributed by atoms with Crippen molar-refractivity contribution in [2.24, 2.45) is 0 Å². The largest absolute Gasteiger partial charge is 0.392 e. The molecule has 2 N–H and O–H groups in total. The average Bonchev–Trinajstić information content (AvgIpc) is 2.55. The van der Waals surface area contributed by atoms with Gasteiger partial charge in [0.05, 0.1) is 6.10 Å². The molecule has 0 bridgehead atoms. The number of carbonyl (C=O) groups is 1. The van der Waals surface area contributed by atoms with Crippen LogP contribution in [-0.2, 0) is 6.42 Å². The van der Waals surface area contributed by atoms with Gasteiger partial charge in [0, 0.05) is 18.3 Å². The zero-order chi connectivity index (χ0) is 16.8. The Labute approximate surface area is 139 Å². The summed E-state index contributed by atoms with van der Waals surface area (Å²) in [5.74, 6) is 0. The predicted octanol–water partition coefficient (Wildman–Crippen LogP) is 4.10. The van der Waals surface area contributed by atoms with E-state index in [1.807, 2.05) is 24.0 Å². The highest BCUT2D eigenvalue weighted by atomic mass is 16.3. The molecule has 0 radical (unpaired) electrons. The van der Waals surface area contributed by atoms with Gasteiger partial charge in [-0.3, -0.25) is 0 Å². The molecule has 4 heteroatoms. The Morgan fingerprint density at radius 1 is 1.35 bits per heavy atom. The van der Waals surface area contributed by atoms with Gasteiger partial charge < -0.3 is 15.3 Å². The molecule has 0 aliphatic heterocycles. The summed E-state index contributed by atoms with van der Waals surface area (Å²) in [4.78, 5) is 14.7. The minimum atomic E-state index is -0.509. The number of rotatable bonds is 5. The van der Waals surface area contributed by atoms with Crippen molar-refractivity contribution >= 4 is 11.7 Å². The Kier molecular flexibility index (Phi) is 6.46. The number of nitrogens with one attached hydrogen (secondary N) is 1. The lowest BCUT2D eigenvalue weighted by atomic mass is 9.94. The van der Waals surface area contributed by atoms with E-state index in [-0.39, 0.29) is 12.1 Å². The smallest absolute Gasteiger partial charge is 0.322 e. The molecular weight excluding hydrogens is 288 g/mol. The van der Waals surface area contributed by atoms with Gasteiger partial charge in [-0.15, -0.1) is 0 Å². The molecule has 0 aromatic heterocycles. The first-order valence-electron chi connectivity index (χ1n) is 8.87. The summed E-state index contributed by atoms with van der Waals surface area (Å²) in [5, 5.41) is 12.9. The third kappa shape index (κ3) is 4.71. The third-order valence-corrected chi connectivity index (χ3v) is 4.71. The van der Waals surface area contributed by atoms with Crippen molar-refractivity contribution in [1.82, 2.24) is 4.90 Å². The van der Waals surface area contributed by atoms with Gasteiger partial charge in [-0.25, -0.2) is 4.79 Å². The van der Waals surface area contributed by atoms with E-state index in [4.69, 9.17) is 0 Å². The summed E-state index contributed by atoms with van der Waals surface area (Å²) < 4.78 is 0. The first kappa shape index (κ1) is 17.8. The maximum atomic E-state index is 12.9. The number of urea groups is 1. The second-order valence-electron chi connectivity index (χ2n) is 6.69. The number of carbonyl (C=O) groups excluding carboxylic acids is 1. The topological polar surface area (TPSA) is 52.6 Å². The van der Waals surface area contributed by atoms with E-state index in [2.05, 4.69) is 18.3 Å². The van der Waals surface area contributed by atoms with Crippen LogP contribution in [0, 0.1) is 6.92 Å². The van der Waals surface area contributed by atoms with Crippen molar-refractivity contribution in [2.45, 2.75) is 71.4 Å². The summed E-state index contributed by atoms with van der Waals surface area (Å²) in [6.45, 7) is 6.26. The zero-order valence-electron chi connectivity index (χ0n) is 14.6. The van der Waals surface area contributed by atoms with Crippen LogP contribution in [0.2, 0.25) is 0 Å². The number of aryl methyl sites for hydroxylation is 2. The molecular formula is C19H30N2O2. The number of anilines is 1. The molecule has 1 fully saturated rings. The van der Waals surface area contributed by atoms with Gasteiger partial charge in [-0.1, -0.05) is 44.4 Å². The Morgan fingerprint density at radius 2 is 2.04 bits per heavy atom. The maximum absolute atomic E-state index is 12.9. The molecule has 128 valence electrons.